The summed E-state index contributed by atoms with van der Waals surface area (Å²) < 4.78 is 0. The van der Waals surface area contributed by atoms with E-state index in [2.05, 4.69) is 30.7 Å². The maximum Gasteiger partial charge on any atom is 0.167 e. The number of benzene rings is 1. The minimum absolute atomic E-state index is 0.0300. The number of rotatable bonds is 0. The molecule has 0 amide bonds. The van der Waals surface area contributed by atoms with E-state index in [0.29, 0.717) is 6.04 Å². The molecule has 2 heteroatoms. The summed E-state index contributed by atoms with van der Waals surface area (Å²) in [7, 11) is 2.09. The lowest BCUT2D eigenvalue weighted by Gasteiger charge is -2.30. The van der Waals surface area contributed by atoms with Crippen molar-refractivity contribution in [3.05, 3.63) is 42.0 Å². The molecule has 2 aliphatic rings. The van der Waals surface area contributed by atoms with Crippen LogP contribution in [0.1, 0.15) is 24.3 Å². The van der Waals surface area contributed by atoms with E-state index >= 15 is 0 Å². The van der Waals surface area contributed by atoms with Crippen LogP contribution in [0, 0.1) is 0 Å². The van der Waals surface area contributed by atoms with Crippen molar-refractivity contribution < 1.29 is 4.79 Å². The first-order valence-corrected chi connectivity index (χ1v) is 5.74. The predicted molar refractivity (Wildman–Crippen MR) is 64.8 cm³/mol. The molecule has 0 bridgehead atoms. The van der Waals surface area contributed by atoms with Crippen LogP contribution in [0.15, 0.2) is 36.4 Å². The first kappa shape index (κ1) is 9.64. The van der Waals surface area contributed by atoms with E-state index in [1.165, 1.54) is 11.3 Å². The highest BCUT2D eigenvalue weighted by Crippen LogP contribution is 2.46. The number of carbonyl (C=O) groups excluding carboxylic acids is 1. The molecule has 2 nitrogen and oxygen atoms in total. The van der Waals surface area contributed by atoms with Crippen LogP contribution in [0.2, 0.25) is 0 Å². The van der Waals surface area contributed by atoms with Gasteiger partial charge in [0.2, 0.25) is 0 Å². The second-order valence-corrected chi connectivity index (χ2v) is 4.72. The van der Waals surface area contributed by atoms with E-state index in [-0.39, 0.29) is 11.7 Å². The summed E-state index contributed by atoms with van der Waals surface area (Å²) in [5.74, 6) is 0.274. The fourth-order valence-corrected chi connectivity index (χ4v) is 3.02. The first-order chi connectivity index (χ1) is 7.70. The van der Waals surface area contributed by atoms with Gasteiger partial charge in [-0.1, -0.05) is 24.8 Å². The molecule has 1 fully saturated rings. The zero-order chi connectivity index (χ0) is 11.3. The Bertz CT molecular complexity index is 477. The normalized spacial score (nSPS) is 27.9. The summed E-state index contributed by atoms with van der Waals surface area (Å²) in [5, 5.41) is 0. The molecule has 1 heterocycles. The monoisotopic (exact) mass is 213 g/mol. The lowest BCUT2D eigenvalue weighted by molar-refractivity contribution is -0.118. The molecule has 1 saturated carbocycles. The number of para-hydroxylation sites is 1. The van der Waals surface area contributed by atoms with Crippen LogP contribution in [0.3, 0.4) is 0 Å². The third-order valence-electron chi connectivity index (χ3n) is 3.91. The average molecular weight is 213 g/mol. The molecule has 0 aromatic heterocycles. The Morgan fingerprint density at radius 3 is 2.94 bits per heavy atom. The lowest BCUT2D eigenvalue weighted by atomic mass is 9.79. The summed E-state index contributed by atoms with van der Waals surface area (Å²) >= 11 is 0. The third kappa shape index (κ3) is 1.10. The smallest absolute Gasteiger partial charge is 0.167 e. The topological polar surface area (TPSA) is 20.3 Å². The Morgan fingerprint density at radius 1 is 1.38 bits per heavy atom. The van der Waals surface area contributed by atoms with Crippen molar-refractivity contribution in [3.63, 3.8) is 0 Å². The van der Waals surface area contributed by atoms with E-state index in [0.717, 1.165) is 18.4 Å². The SMILES string of the molecule is C=C1CCC2C(C1=O)c1ccccc1N2C. The molecule has 0 radical (unpaired) electrons. The fraction of sp³-hybridized carbons (Fsp3) is 0.357. The van der Waals surface area contributed by atoms with E-state index < -0.39 is 0 Å². The van der Waals surface area contributed by atoms with Gasteiger partial charge in [-0.3, -0.25) is 4.79 Å². The third-order valence-corrected chi connectivity index (χ3v) is 3.91. The molecule has 3 rings (SSSR count). The zero-order valence-corrected chi connectivity index (χ0v) is 9.44. The Labute approximate surface area is 95.6 Å². The minimum atomic E-state index is 0.0300. The molecule has 0 N–H and O–H groups in total. The van der Waals surface area contributed by atoms with Crippen LogP contribution in [0.5, 0.6) is 0 Å². The Morgan fingerprint density at radius 2 is 2.12 bits per heavy atom. The molecule has 0 spiro atoms. The Hall–Kier alpha value is -1.57. The van der Waals surface area contributed by atoms with E-state index in [1.54, 1.807) is 0 Å². The highest BCUT2D eigenvalue weighted by Gasteiger charge is 2.43. The van der Waals surface area contributed by atoms with Gasteiger partial charge in [-0.15, -0.1) is 0 Å². The van der Waals surface area contributed by atoms with Gasteiger partial charge < -0.3 is 4.90 Å². The van der Waals surface area contributed by atoms with Gasteiger partial charge in [0.1, 0.15) is 0 Å². The van der Waals surface area contributed by atoms with Crippen molar-refractivity contribution in [2.75, 3.05) is 11.9 Å². The average Bonchev–Trinajstić information content (AvgIpc) is 2.59. The van der Waals surface area contributed by atoms with Crippen LogP contribution in [0.4, 0.5) is 5.69 Å². The number of Topliss-reactive ketones (excluding diaryl/α,β-unsaturated/α-hetero) is 1. The van der Waals surface area contributed by atoms with Gasteiger partial charge in [-0.05, 0) is 30.0 Å². The molecule has 1 aliphatic carbocycles. The molecule has 2 atom stereocenters. The molecule has 1 aromatic rings. The van der Waals surface area contributed by atoms with Crippen molar-refractivity contribution in [1.29, 1.82) is 0 Å². The van der Waals surface area contributed by atoms with Gasteiger partial charge in [0, 0.05) is 18.8 Å². The number of nitrogens with zero attached hydrogens (tertiary/aromatic N) is 1. The van der Waals surface area contributed by atoms with Crippen LogP contribution in [-0.2, 0) is 4.79 Å². The fourth-order valence-electron chi connectivity index (χ4n) is 3.02. The summed E-state index contributed by atoms with van der Waals surface area (Å²) in [4.78, 5) is 14.4. The predicted octanol–water partition coefficient (Wildman–Crippen LogP) is 2.51. The van der Waals surface area contributed by atoms with Crippen molar-refractivity contribution in [2.24, 2.45) is 0 Å². The standard InChI is InChI=1S/C14H15NO/c1-9-7-8-12-13(14(9)16)10-5-3-4-6-11(10)15(12)2/h3-6,12-13H,1,7-8H2,2H3. The molecule has 1 aliphatic heterocycles. The first-order valence-electron chi connectivity index (χ1n) is 5.74. The Kier molecular flexibility index (Phi) is 1.93. The van der Waals surface area contributed by atoms with Crippen molar-refractivity contribution >= 4 is 11.5 Å². The number of fused-ring (bicyclic) bond motifs is 3. The maximum atomic E-state index is 12.2. The van der Waals surface area contributed by atoms with Gasteiger partial charge in [-0.2, -0.15) is 0 Å². The van der Waals surface area contributed by atoms with Crippen molar-refractivity contribution in [3.8, 4) is 0 Å². The molecule has 82 valence electrons. The van der Waals surface area contributed by atoms with Gasteiger partial charge >= 0.3 is 0 Å². The molecular formula is C14H15NO. The number of hydrogen-bond donors (Lipinski definition) is 0. The molecular weight excluding hydrogens is 198 g/mol. The highest BCUT2D eigenvalue weighted by atomic mass is 16.1. The zero-order valence-electron chi connectivity index (χ0n) is 9.44. The van der Waals surface area contributed by atoms with E-state index in [9.17, 15) is 4.79 Å². The van der Waals surface area contributed by atoms with Crippen LogP contribution in [-0.4, -0.2) is 18.9 Å². The summed E-state index contributed by atoms with van der Waals surface area (Å²) in [5.41, 5.74) is 3.19. The summed E-state index contributed by atoms with van der Waals surface area (Å²) in [6.07, 6.45) is 1.89. The second kappa shape index (κ2) is 3.21. The quantitative estimate of drug-likeness (QED) is 0.617. The molecule has 16 heavy (non-hydrogen) atoms. The molecule has 2 unspecified atom stereocenters. The van der Waals surface area contributed by atoms with Gasteiger partial charge in [0.15, 0.2) is 5.78 Å². The van der Waals surface area contributed by atoms with Crippen molar-refractivity contribution in [1.82, 2.24) is 0 Å². The van der Waals surface area contributed by atoms with Gasteiger partial charge in [-0.25, -0.2) is 0 Å². The second-order valence-electron chi connectivity index (χ2n) is 4.72. The molecule has 0 saturated heterocycles. The number of allylic oxidation sites excluding steroid dienone is 1. The van der Waals surface area contributed by atoms with Crippen LogP contribution >= 0.6 is 0 Å². The minimum Gasteiger partial charge on any atom is -0.370 e. The van der Waals surface area contributed by atoms with E-state index in [4.69, 9.17) is 0 Å². The number of anilines is 1. The van der Waals surface area contributed by atoms with Crippen molar-refractivity contribution in [2.45, 2.75) is 24.8 Å². The number of ketones is 1. The van der Waals surface area contributed by atoms with Gasteiger partial charge in [0.05, 0.1) is 5.92 Å². The Balaban J connectivity index is 2.13. The largest absolute Gasteiger partial charge is 0.370 e. The number of carbonyl (C=O) groups is 1. The summed E-state index contributed by atoms with van der Waals surface area (Å²) in [6.45, 7) is 3.89. The maximum absolute atomic E-state index is 12.2. The van der Waals surface area contributed by atoms with E-state index in [1.807, 2.05) is 12.1 Å². The number of hydrogen-bond acceptors (Lipinski definition) is 2. The lowest BCUT2D eigenvalue weighted by Crippen LogP contribution is -2.37. The highest BCUT2D eigenvalue weighted by molar-refractivity contribution is 6.03. The molecule has 1 aromatic carbocycles. The van der Waals surface area contributed by atoms with Gasteiger partial charge in [0.25, 0.3) is 0 Å². The van der Waals surface area contributed by atoms with Crippen LogP contribution < -0.4 is 4.90 Å². The number of likely N-dealkylation sites (N-methyl/N-ethyl adjacent to an activating group) is 1. The summed E-state index contributed by atoms with van der Waals surface area (Å²) in [6, 6.07) is 8.57. The van der Waals surface area contributed by atoms with Crippen LogP contribution in [0.25, 0.3) is 0 Å².